The molecule has 0 bridgehead atoms. The van der Waals surface area contributed by atoms with Crippen molar-refractivity contribution in [1.29, 1.82) is 0 Å². The van der Waals surface area contributed by atoms with Crippen molar-refractivity contribution in [2.75, 3.05) is 13.2 Å². The van der Waals surface area contributed by atoms with Crippen molar-refractivity contribution in [2.45, 2.75) is 132 Å². The van der Waals surface area contributed by atoms with E-state index in [2.05, 4.69) is 83.1 Å². The van der Waals surface area contributed by atoms with E-state index in [1.165, 1.54) is 22.6 Å². The zero-order valence-electron chi connectivity index (χ0n) is 22.0. The molecule has 0 aliphatic heterocycles. The Balaban J connectivity index is 0.00000192. The van der Waals surface area contributed by atoms with Gasteiger partial charge in [-0.1, -0.05) is 82.1 Å². The molecular weight excluding hydrogens is 392 g/mol. The summed E-state index contributed by atoms with van der Waals surface area (Å²) in [6.07, 6.45) is 4.78. The molecule has 1 aromatic rings. The summed E-state index contributed by atoms with van der Waals surface area (Å²) in [7, 11) is 0. The SMILES string of the molecule is CCCC.CCCOCC(C)Oc1c(C(C)(C)C)sc(C(C)(C)C)c1OC(C)CC. The summed E-state index contributed by atoms with van der Waals surface area (Å²) < 4.78 is 18.5. The van der Waals surface area contributed by atoms with Gasteiger partial charge in [0.05, 0.1) is 22.5 Å². The molecule has 2 unspecified atom stereocenters. The van der Waals surface area contributed by atoms with E-state index >= 15 is 0 Å². The Morgan fingerprint density at radius 3 is 1.47 bits per heavy atom. The van der Waals surface area contributed by atoms with E-state index in [1.54, 1.807) is 0 Å². The first kappa shape index (κ1) is 29.3. The van der Waals surface area contributed by atoms with Gasteiger partial charge in [-0.05, 0) is 26.7 Å². The molecule has 0 aliphatic carbocycles. The lowest BCUT2D eigenvalue weighted by Gasteiger charge is -2.24. The van der Waals surface area contributed by atoms with Crippen LogP contribution in [0.1, 0.15) is 119 Å². The van der Waals surface area contributed by atoms with Gasteiger partial charge in [-0.2, -0.15) is 0 Å². The predicted octanol–water partition coefficient (Wildman–Crippen LogP) is 8.52. The van der Waals surface area contributed by atoms with Crippen LogP contribution in [0.15, 0.2) is 0 Å². The maximum Gasteiger partial charge on any atom is 0.176 e. The van der Waals surface area contributed by atoms with Gasteiger partial charge in [0, 0.05) is 17.4 Å². The van der Waals surface area contributed by atoms with Gasteiger partial charge in [0.1, 0.15) is 6.10 Å². The lowest BCUT2D eigenvalue weighted by Crippen LogP contribution is -2.22. The molecule has 2 atom stereocenters. The summed E-state index contributed by atoms with van der Waals surface area (Å²) in [5.74, 6) is 1.85. The van der Waals surface area contributed by atoms with E-state index < -0.39 is 0 Å². The molecule has 0 aromatic carbocycles. The van der Waals surface area contributed by atoms with Crippen LogP contribution in [-0.2, 0) is 15.6 Å². The molecule has 1 rings (SSSR count). The first-order chi connectivity index (χ1) is 13.8. The second-order valence-corrected chi connectivity index (χ2v) is 11.3. The molecule has 0 saturated heterocycles. The second kappa shape index (κ2) is 13.6. The lowest BCUT2D eigenvalue weighted by molar-refractivity contribution is 0.0557. The topological polar surface area (TPSA) is 27.7 Å². The first-order valence-corrected chi connectivity index (χ1v) is 12.7. The Labute approximate surface area is 191 Å². The van der Waals surface area contributed by atoms with Gasteiger partial charge in [0.25, 0.3) is 0 Å². The lowest BCUT2D eigenvalue weighted by atomic mass is 9.91. The van der Waals surface area contributed by atoms with Crippen LogP contribution in [0.3, 0.4) is 0 Å². The van der Waals surface area contributed by atoms with Crippen molar-refractivity contribution >= 4 is 11.3 Å². The van der Waals surface area contributed by atoms with Gasteiger partial charge in [-0.15, -0.1) is 11.3 Å². The van der Waals surface area contributed by atoms with Crippen LogP contribution in [-0.4, -0.2) is 25.4 Å². The van der Waals surface area contributed by atoms with E-state index in [0.29, 0.717) is 6.61 Å². The maximum atomic E-state index is 6.43. The molecule has 3 nitrogen and oxygen atoms in total. The number of unbranched alkanes of at least 4 members (excludes halogenated alkanes) is 1. The number of hydrogen-bond donors (Lipinski definition) is 0. The van der Waals surface area contributed by atoms with Crippen LogP contribution < -0.4 is 9.47 Å². The predicted molar refractivity (Wildman–Crippen MR) is 134 cm³/mol. The summed E-state index contributed by atoms with van der Waals surface area (Å²) in [5.41, 5.74) is 0.0120. The monoisotopic (exact) mass is 442 g/mol. The Kier molecular flexibility index (Phi) is 13.3. The number of rotatable bonds is 10. The summed E-state index contributed by atoms with van der Waals surface area (Å²) in [5, 5.41) is 0. The van der Waals surface area contributed by atoms with Gasteiger partial charge < -0.3 is 14.2 Å². The third-order valence-corrected chi connectivity index (χ3v) is 6.60. The molecule has 4 heteroatoms. The molecule has 0 aliphatic rings. The summed E-state index contributed by atoms with van der Waals surface area (Å²) in [6.45, 7) is 27.6. The van der Waals surface area contributed by atoms with Crippen molar-refractivity contribution in [3.05, 3.63) is 9.75 Å². The largest absolute Gasteiger partial charge is 0.486 e. The Morgan fingerprint density at radius 2 is 1.13 bits per heavy atom. The Bertz CT molecular complexity index is 576. The zero-order valence-corrected chi connectivity index (χ0v) is 22.8. The van der Waals surface area contributed by atoms with Crippen molar-refractivity contribution in [1.82, 2.24) is 0 Å². The van der Waals surface area contributed by atoms with Gasteiger partial charge in [-0.3, -0.25) is 0 Å². The highest BCUT2D eigenvalue weighted by Gasteiger charge is 2.34. The summed E-state index contributed by atoms with van der Waals surface area (Å²) in [6, 6.07) is 0. The molecule has 0 saturated carbocycles. The van der Waals surface area contributed by atoms with E-state index in [1.807, 2.05) is 11.3 Å². The van der Waals surface area contributed by atoms with Gasteiger partial charge in [0.2, 0.25) is 0 Å². The van der Waals surface area contributed by atoms with Crippen molar-refractivity contribution in [3.63, 3.8) is 0 Å². The fraction of sp³-hybridized carbons (Fsp3) is 0.846. The van der Waals surface area contributed by atoms with Gasteiger partial charge >= 0.3 is 0 Å². The average molecular weight is 443 g/mol. The maximum absolute atomic E-state index is 6.43. The molecule has 0 N–H and O–H groups in total. The van der Waals surface area contributed by atoms with Crippen LogP contribution >= 0.6 is 11.3 Å². The van der Waals surface area contributed by atoms with Crippen molar-refractivity contribution < 1.29 is 14.2 Å². The summed E-state index contributed by atoms with van der Waals surface area (Å²) in [4.78, 5) is 2.52. The van der Waals surface area contributed by atoms with Crippen molar-refractivity contribution in [2.24, 2.45) is 0 Å². The van der Waals surface area contributed by atoms with Gasteiger partial charge in [0.15, 0.2) is 11.5 Å². The van der Waals surface area contributed by atoms with Crippen LogP contribution in [0.2, 0.25) is 0 Å². The smallest absolute Gasteiger partial charge is 0.176 e. The molecule has 1 heterocycles. The molecule has 0 spiro atoms. The highest BCUT2D eigenvalue weighted by molar-refractivity contribution is 7.13. The third-order valence-electron chi connectivity index (χ3n) is 4.60. The van der Waals surface area contributed by atoms with E-state index in [0.717, 1.165) is 30.9 Å². The molecule has 1 aromatic heterocycles. The number of hydrogen-bond acceptors (Lipinski definition) is 4. The molecule has 0 fully saturated rings. The fourth-order valence-corrected chi connectivity index (χ4v) is 3.80. The summed E-state index contributed by atoms with van der Waals surface area (Å²) >= 11 is 1.83. The van der Waals surface area contributed by atoms with E-state index in [-0.39, 0.29) is 23.0 Å². The quantitative estimate of drug-likeness (QED) is 0.340. The molecule has 0 radical (unpaired) electrons. The molecule has 0 amide bonds. The standard InChI is InChI=1S/C22H40O3S.C4H10/c1-11-13-23-14-16(4)25-18-17(24-15(3)12-2)19(21(5,6)7)26-20(18)22(8,9)10;1-3-4-2/h15-16H,11-14H2,1-10H3;3-4H2,1-2H3. The van der Waals surface area contributed by atoms with E-state index in [9.17, 15) is 0 Å². The van der Waals surface area contributed by atoms with Crippen LogP contribution in [0.4, 0.5) is 0 Å². The van der Waals surface area contributed by atoms with Crippen molar-refractivity contribution in [3.8, 4) is 11.5 Å². The van der Waals surface area contributed by atoms with Crippen LogP contribution in [0, 0.1) is 0 Å². The minimum absolute atomic E-state index is 0.00105. The fourth-order valence-electron chi connectivity index (χ4n) is 2.52. The van der Waals surface area contributed by atoms with Gasteiger partial charge in [-0.25, -0.2) is 0 Å². The highest BCUT2D eigenvalue weighted by Crippen LogP contribution is 2.52. The normalized spacial score (nSPS) is 14.0. The third kappa shape index (κ3) is 10.0. The molecule has 178 valence electrons. The Hall–Kier alpha value is -0.740. The average Bonchev–Trinajstić information content (AvgIpc) is 3.00. The number of ether oxygens (including phenoxy) is 3. The van der Waals surface area contributed by atoms with Crippen LogP contribution in [0.25, 0.3) is 0 Å². The van der Waals surface area contributed by atoms with E-state index in [4.69, 9.17) is 14.2 Å². The number of thiophene rings is 1. The second-order valence-electron chi connectivity index (χ2n) is 10.3. The first-order valence-electron chi connectivity index (χ1n) is 11.9. The Morgan fingerprint density at radius 1 is 0.700 bits per heavy atom. The highest BCUT2D eigenvalue weighted by atomic mass is 32.1. The zero-order chi connectivity index (χ0) is 23.5. The minimum atomic E-state index is -0.00986. The molecule has 30 heavy (non-hydrogen) atoms. The molecular formula is C26H50O3S. The van der Waals surface area contributed by atoms with Crippen LogP contribution in [0.5, 0.6) is 11.5 Å². The minimum Gasteiger partial charge on any atom is -0.486 e.